The molecule has 7 heteroatoms. The average molecular weight is 440 g/mol. The van der Waals surface area contributed by atoms with Crippen LogP contribution in [0, 0.1) is 5.92 Å². The summed E-state index contributed by atoms with van der Waals surface area (Å²) in [6, 6.07) is 10.0. The number of nitrogens with one attached hydrogen (secondary N) is 3. The van der Waals surface area contributed by atoms with Gasteiger partial charge in [-0.15, -0.1) is 0 Å². The Hall–Kier alpha value is -2.51. The Morgan fingerprint density at radius 1 is 1.06 bits per heavy atom. The number of hydrogen-bond donors (Lipinski definition) is 3. The fourth-order valence-corrected chi connectivity index (χ4v) is 4.45. The molecular formula is C25H37N5O2. The molecule has 0 bridgehead atoms. The molecule has 7 nitrogen and oxygen atoms in total. The maximum atomic E-state index is 6.07. The summed E-state index contributed by atoms with van der Waals surface area (Å²) in [6.07, 6.45) is 7.96. The fourth-order valence-electron chi connectivity index (χ4n) is 4.45. The number of piperidine rings is 1. The summed E-state index contributed by atoms with van der Waals surface area (Å²) in [6.45, 7) is 7.44. The van der Waals surface area contributed by atoms with E-state index in [1.165, 1.54) is 38.8 Å². The summed E-state index contributed by atoms with van der Waals surface area (Å²) in [5, 5.41) is 10.4. The van der Waals surface area contributed by atoms with Gasteiger partial charge in [0.2, 0.25) is 0 Å². The smallest absolute Gasteiger partial charge is 0.163 e. The van der Waals surface area contributed by atoms with Crippen molar-refractivity contribution in [3.05, 3.63) is 36.5 Å². The first-order chi connectivity index (χ1) is 15.8. The van der Waals surface area contributed by atoms with Crippen LogP contribution in [0.3, 0.4) is 0 Å². The van der Waals surface area contributed by atoms with Crippen LogP contribution in [0.5, 0.6) is 11.5 Å². The van der Waals surface area contributed by atoms with Gasteiger partial charge in [-0.25, -0.2) is 4.98 Å². The third-order valence-corrected chi connectivity index (χ3v) is 6.32. The van der Waals surface area contributed by atoms with Gasteiger partial charge in [-0.2, -0.15) is 0 Å². The van der Waals surface area contributed by atoms with Crippen LogP contribution in [-0.2, 0) is 0 Å². The standard InChI is InChI=1S/C25H37N5O2/c1-31-23-6-5-21(17-24(23)32-16-4-15-30-13-2-3-14-30)29-22-9-12-27-25(18-22)28-19-20-7-10-26-11-8-20/h5-6,9,12,17-18,20,26H,2-4,7-8,10-11,13-16,19H2,1H3,(H2,27,28,29). The molecule has 2 aliphatic heterocycles. The first kappa shape index (κ1) is 22.7. The first-order valence-corrected chi connectivity index (χ1v) is 12.0. The number of anilines is 3. The highest BCUT2D eigenvalue weighted by molar-refractivity contribution is 5.65. The molecule has 0 spiro atoms. The summed E-state index contributed by atoms with van der Waals surface area (Å²) in [4.78, 5) is 6.99. The number of nitrogens with zero attached hydrogens (tertiary/aromatic N) is 2. The lowest BCUT2D eigenvalue weighted by atomic mass is 9.98. The number of hydrogen-bond acceptors (Lipinski definition) is 7. The van der Waals surface area contributed by atoms with E-state index in [-0.39, 0.29) is 0 Å². The van der Waals surface area contributed by atoms with Crippen LogP contribution in [0.1, 0.15) is 32.1 Å². The van der Waals surface area contributed by atoms with E-state index < -0.39 is 0 Å². The van der Waals surface area contributed by atoms with Crippen LogP contribution >= 0.6 is 0 Å². The molecule has 0 unspecified atom stereocenters. The molecule has 2 aliphatic rings. The molecule has 0 saturated carbocycles. The van der Waals surface area contributed by atoms with Gasteiger partial charge in [-0.05, 0) is 82.4 Å². The number of methoxy groups -OCH3 is 1. The van der Waals surface area contributed by atoms with E-state index in [9.17, 15) is 0 Å². The largest absolute Gasteiger partial charge is 0.493 e. The van der Waals surface area contributed by atoms with Crippen molar-refractivity contribution in [2.75, 3.05) is 63.6 Å². The van der Waals surface area contributed by atoms with Crippen LogP contribution < -0.4 is 25.4 Å². The summed E-state index contributed by atoms with van der Waals surface area (Å²) >= 11 is 0. The topological polar surface area (TPSA) is 70.7 Å². The molecule has 1 aromatic carbocycles. The Kier molecular flexibility index (Phi) is 8.45. The van der Waals surface area contributed by atoms with Crippen LogP contribution in [0.15, 0.2) is 36.5 Å². The maximum Gasteiger partial charge on any atom is 0.163 e. The van der Waals surface area contributed by atoms with E-state index in [0.717, 1.165) is 61.3 Å². The molecule has 4 rings (SSSR count). The van der Waals surface area contributed by atoms with E-state index in [1.807, 2.05) is 30.5 Å². The Morgan fingerprint density at radius 2 is 1.88 bits per heavy atom. The van der Waals surface area contributed by atoms with Crippen molar-refractivity contribution in [2.24, 2.45) is 5.92 Å². The van der Waals surface area contributed by atoms with Crippen LogP contribution in [0.2, 0.25) is 0 Å². The minimum atomic E-state index is 0.691. The van der Waals surface area contributed by atoms with Crippen LogP contribution in [0.4, 0.5) is 17.2 Å². The molecular weight excluding hydrogens is 402 g/mol. The Labute approximate surface area is 191 Å². The number of likely N-dealkylation sites (tertiary alicyclic amines) is 1. The molecule has 2 saturated heterocycles. The molecule has 3 heterocycles. The van der Waals surface area contributed by atoms with E-state index in [2.05, 4.69) is 31.9 Å². The second-order valence-electron chi connectivity index (χ2n) is 8.75. The van der Waals surface area contributed by atoms with Crippen LogP contribution in [-0.4, -0.2) is 62.9 Å². The molecule has 174 valence electrons. The van der Waals surface area contributed by atoms with Gasteiger partial charge in [-0.1, -0.05) is 0 Å². The van der Waals surface area contributed by atoms with Crippen molar-refractivity contribution in [3.63, 3.8) is 0 Å². The van der Waals surface area contributed by atoms with Gasteiger partial charge in [-0.3, -0.25) is 0 Å². The van der Waals surface area contributed by atoms with Crippen molar-refractivity contribution >= 4 is 17.2 Å². The van der Waals surface area contributed by atoms with E-state index in [4.69, 9.17) is 9.47 Å². The normalized spacial score (nSPS) is 17.3. The number of aromatic nitrogens is 1. The van der Waals surface area contributed by atoms with Gasteiger partial charge in [0.25, 0.3) is 0 Å². The molecule has 2 aromatic rings. The SMILES string of the molecule is COc1ccc(Nc2ccnc(NCC3CCNCC3)c2)cc1OCCCN1CCCC1. The third kappa shape index (κ3) is 6.74. The Bertz CT molecular complexity index is 835. The summed E-state index contributed by atoms with van der Waals surface area (Å²) < 4.78 is 11.6. The molecule has 2 fully saturated rings. The van der Waals surface area contributed by atoms with Crippen LogP contribution in [0.25, 0.3) is 0 Å². The van der Waals surface area contributed by atoms with Crippen molar-refractivity contribution in [3.8, 4) is 11.5 Å². The molecule has 32 heavy (non-hydrogen) atoms. The van der Waals surface area contributed by atoms with Gasteiger partial charge in [0.15, 0.2) is 11.5 Å². The number of pyridine rings is 1. The highest BCUT2D eigenvalue weighted by atomic mass is 16.5. The van der Waals surface area contributed by atoms with Gasteiger partial charge < -0.3 is 30.3 Å². The predicted molar refractivity (Wildman–Crippen MR) is 130 cm³/mol. The molecule has 0 radical (unpaired) electrons. The minimum Gasteiger partial charge on any atom is -0.493 e. The highest BCUT2D eigenvalue weighted by Crippen LogP contribution is 2.32. The Morgan fingerprint density at radius 3 is 2.69 bits per heavy atom. The summed E-state index contributed by atoms with van der Waals surface area (Å²) in [5.74, 6) is 3.15. The first-order valence-electron chi connectivity index (χ1n) is 12.0. The van der Waals surface area contributed by atoms with E-state index >= 15 is 0 Å². The number of benzene rings is 1. The second-order valence-corrected chi connectivity index (χ2v) is 8.75. The van der Waals surface area contributed by atoms with Gasteiger partial charge >= 0.3 is 0 Å². The van der Waals surface area contributed by atoms with Gasteiger partial charge in [0.1, 0.15) is 5.82 Å². The minimum absolute atomic E-state index is 0.691. The quantitative estimate of drug-likeness (QED) is 0.455. The summed E-state index contributed by atoms with van der Waals surface area (Å²) in [5.41, 5.74) is 1.97. The van der Waals surface area contributed by atoms with Gasteiger partial charge in [0.05, 0.1) is 13.7 Å². The molecule has 0 aliphatic carbocycles. The highest BCUT2D eigenvalue weighted by Gasteiger charge is 2.13. The zero-order chi connectivity index (χ0) is 22.0. The van der Waals surface area contributed by atoms with Crippen molar-refractivity contribution in [2.45, 2.75) is 32.1 Å². The second kappa shape index (κ2) is 11.9. The lowest BCUT2D eigenvalue weighted by Crippen LogP contribution is -2.31. The van der Waals surface area contributed by atoms with Crippen molar-refractivity contribution in [1.29, 1.82) is 0 Å². The lowest BCUT2D eigenvalue weighted by Gasteiger charge is -2.23. The predicted octanol–water partition coefficient (Wildman–Crippen LogP) is 4.11. The van der Waals surface area contributed by atoms with Crippen molar-refractivity contribution < 1.29 is 9.47 Å². The van der Waals surface area contributed by atoms with E-state index in [0.29, 0.717) is 12.5 Å². The third-order valence-electron chi connectivity index (χ3n) is 6.32. The number of rotatable bonds is 11. The zero-order valence-corrected chi connectivity index (χ0v) is 19.2. The Balaban J connectivity index is 1.31. The summed E-state index contributed by atoms with van der Waals surface area (Å²) in [7, 11) is 1.68. The maximum absolute atomic E-state index is 6.07. The fraction of sp³-hybridized carbons (Fsp3) is 0.560. The monoisotopic (exact) mass is 439 g/mol. The molecule has 0 amide bonds. The van der Waals surface area contributed by atoms with Gasteiger partial charge in [0, 0.05) is 42.8 Å². The molecule has 1 aromatic heterocycles. The lowest BCUT2D eigenvalue weighted by molar-refractivity contribution is 0.254. The van der Waals surface area contributed by atoms with Crippen molar-refractivity contribution in [1.82, 2.24) is 15.2 Å². The number of ether oxygens (including phenoxy) is 2. The zero-order valence-electron chi connectivity index (χ0n) is 19.2. The van der Waals surface area contributed by atoms with E-state index in [1.54, 1.807) is 7.11 Å². The molecule has 3 N–H and O–H groups in total. The molecule has 0 atom stereocenters. The average Bonchev–Trinajstić information content (AvgIpc) is 3.35.